The summed E-state index contributed by atoms with van der Waals surface area (Å²) in [7, 11) is 0. The van der Waals surface area contributed by atoms with E-state index in [0.717, 1.165) is 17.4 Å². The molecular weight excluding hydrogens is 298 g/mol. The van der Waals surface area contributed by atoms with Crippen LogP contribution in [0, 0.1) is 6.92 Å². The van der Waals surface area contributed by atoms with Crippen molar-refractivity contribution in [3.05, 3.63) is 46.5 Å². The van der Waals surface area contributed by atoms with Crippen molar-refractivity contribution in [1.29, 1.82) is 0 Å². The molecule has 1 unspecified atom stereocenters. The molecular formula is C17H26BrN. The maximum Gasteiger partial charge on any atom is 0.0322 e. The minimum atomic E-state index is 0.488. The van der Waals surface area contributed by atoms with Crippen molar-refractivity contribution >= 4 is 15.9 Å². The molecule has 1 N–H and O–H groups in total. The molecule has 0 amide bonds. The summed E-state index contributed by atoms with van der Waals surface area (Å²) in [5.41, 5.74) is 2.81. The Labute approximate surface area is 126 Å². The van der Waals surface area contributed by atoms with Crippen LogP contribution in [0.25, 0.3) is 0 Å². The fourth-order valence-electron chi connectivity index (χ4n) is 2.46. The molecule has 0 radical (unpaired) electrons. The third-order valence-electron chi connectivity index (χ3n) is 3.46. The summed E-state index contributed by atoms with van der Waals surface area (Å²) in [6.07, 6.45) is 8.21. The van der Waals surface area contributed by atoms with Crippen molar-refractivity contribution < 1.29 is 0 Å². The number of allylic oxidation sites excluding steroid dienone is 1. The van der Waals surface area contributed by atoms with E-state index in [0.29, 0.717) is 6.04 Å². The Morgan fingerprint density at radius 3 is 2.74 bits per heavy atom. The van der Waals surface area contributed by atoms with Crippen molar-refractivity contribution in [3.8, 4) is 0 Å². The summed E-state index contributed by atoms with van der Waals surface area (Å²) in [5.74, 6) is 0. The van der Waals surface area contributed by atoms with E-state index in [2.05, 4.69) is 59.9 Å². The molecule has 0 aliphatic rings. The highest BCUT2D eigenvalue weighted by atomic mass is 79.9. The number of aryl methyl sites for hydroxylation is 1. The second-order valence-corrected chi connectivity index (χ2v) is 5.95. The zero-order chi connectivity index (χ0) is 14.1. The van der Waals surface area contributed by atoms with Gasteiger partial charge in [-0.05, 0) is 56.0 Å². The van der Waals surface area contributed by atoms with Gasteiger partial charge in [0.2, 0.25) is 0 Å². The number of benzene rings is 1. The fraction of sp³-hybridized carbons (Fsp3) is 0.529. The van der Waals surface area contributed by atoms with Crippen LogP contribution in [-0.2, 0) is 0 Å². The van der Waals surface area contributed by atoms with Gasteiger partial charge in [0.1, 0.15) is 0 Å². The molecule has 2 heteroatoms. The molecule has 1 rings (SSSR count). The van der Waals surface area contributed by atoms with E-state index in [1.807, 2.05) is 6.08 Å². The van der Waals surface area contributed by atoms with Crippen molar-refractivity contribution in [2.75, 3.05) is 6.54 Å². The Kier molecular flexibility index (Phi) is 8.08. The van der Waals surface area contributed by atoms with Crippen LogP contribution in [0.15, 0.2) is 35.3 Å². The van der Waals surface area contributed by atoms with Gasteiger partial charge in [-0.3, -0.25) is 0 Å². The van der Waals surface area contributed by atoms with Gasteiger partial charge in [0.15, 0.2) is 0 Å². The fourth-order valence-corrected chi connectivity index (χ4v) is 2.93. The Balaban J connectivity index is 2.58. The van der Waals surface area contributed by atoms with Crippen LogP contribution in [0.3, 0.4) is 0 Å². The summed E-state index contributed by atoms with van der Waals surface area (Å²) in [6.45, 7) is 9.17. The number of rotatable bonds is 9. The Bertz CT molecular complexity index is 387. The summed E-state index contributed by atoms with van der Waals surface area (Å²) in [4.78, 5) is 0. The average molecular weight is 324 g/mol. The average Bonchev–Trinajstić information content (AvgIpc) is 2.38. The second kappa shape index (κ2) is 9.33. The molecule has 0 aliphatic carbocycles. The molecule has 0 spiro atoms. The molecule has 0 saturated heterocycles. The molecule has 0 heterocycles. The second-order valence-electron chi connectivity index (χ2n) is 5.04. The topological polar surface area (TPSA) is 12.0 Å². The van der Waals surface area contributed by atoms with Gasteiger partial charge in [-0.25, -0.2) is 0 Å². The third-order valence-corrected chi connectivity index (χ3v) is 3.95. The minimum Gasteiger partial charge on any atom is -0.310 e. The normalized spacial score (nSPS) is 12.4. The van der Waals surface area contributed by atoms with E-state index in [-0.39, 0.29) is 0 Å². The summed E-state index contributed by atoms with van der Waals surface area (Å²) < 4.78 is 1.16. The van der Waals surface area contributed by atoms with E-state index in [4.69, 9.17) is 0 Å². The minimum absolute atomic E-state index is 0.488. The molecule has 1 aromatic carbocycles. The van der Waals surface area contributed by atoms with Crippen molar-refractivity contribution in [2.24, 2.45) is 0 Å². The summed E-state index contributed by atoms with van der Waals surface area (Å²) in [5, 5.41) is 3.61. The Morgan fingerprint density at radius 1 is 1.32 bits per heavy atom. The third kappa shape index (κ3) is 5.92. The van der Waals surface area contributed by atoms with Crippen LogP contribution in [0.4, 0.5) is 0 Å². The highest BCUT2D eigenvalue weighted by Gasteiger charge is 2.12. The predicted octanol–water partition coefficient (Wildman–Crippen LogP) is 5.54. The predicted molar refractivity (Wildman–Crippen MR) is 88.6 cm³/mol. The lowest BCUT2D eigenvalue weighted by Gasteiger charge is -2.20. The highest BCUT2D eigenvalue weighted by Crippen LogP contribution is 2.25. The number of unbranched alkanes of at least 4 members (excludes halogenated alkanes) is 3. The number of hydrogen-bond donors (Lipinski definition) is 1. The molecule has 0 saturated carbocycles. The molecule has 0 aromatic heterocycles. The number of halogens is 1. The lowest BCUT2D eigenvalue weighted by Crippen LogP contribution is -2.21. The van der Waals surface area contributed by atoms with Gasteiger partial charge < -0.3 is 5.32 Å². The molecule has 19 heavy (non-hydrogen) atoms. The van der Waals surface area contributed by atoms with Crippen molar-refractivity contribution in [2.45, 2.75) is 52.0 Å². The van der Waals surface area contributed by atoms with Crippen LogP contribution < -0.4 is 5.32 Å². The maximum atomic E-state index is 3.77. The first-order chi connectivity index (χ1) is 9.19. The van der Waals surface area contributed by atoms with E-state index < -0.39 is 0 Å². The van der Waals surface area contributed by atoms with Gasteiger partial charge in [0.05, 0.1) is 0 Å². The molecule has 1 nitrogen and oxygen atoms in total. The molecule has 0 aliphatic heterocycles. The van der Waals surface area contributed by atoms with Gasteiger partial charge in [-0.2, -0.15) is 0 Å². The summed E-state index contributed by atoms with van der Waals surface area (Å²) >= 11 is 3.54. The van der Waals surface area contributed by atoms with Crippen molar-refractivity contribution in [1.82, 2.24) is 5.32 Å². The molecule has 0 bridgehead atoms. The van der Waals surface area contributed by atoms with Crippen LogP contribution >= 0.6 is 15.9 Å². The van der Waals surface area contributed by atoms with Crippen molar-refractivity contribution in [3.63, 3.8) is 0 Å². The first-order valence-corrected chi connectivity index (χ1v) is 8.08. The van der Waals surface area contributed by atoms with Crippen LogP contribution in [-0.4, -0.2) is 6.54 Å². The van der Waals surface area contributed by atoms with Gasteiger partial charge >= 0.3 is 0 Å². The van der Waals surface area contributed by atoms with E-state index in [1.54, 1.807) is 0 Å². The van der Waals surface area contributed by atoms with E-state index in [1.165, 1.54) is 36.8 Å². The quantitative estimate of drug-likeness (QED) is 0.464. The molecule has 1 aromatic rings. The number of nitrogens with one attached hydrogen (secondary N) is 1. The van der Waals surface area contributed by atoms with Gasteiger partial charge in [-0.15, -0.1) is 6.58 Å². The molecule has 1 atom stereocenters. The van der Waals surface area contributed by atoms with Gasteiger partial charge in [0.25, 0.3) is 0 Å². The first-order valence-electron chi connectivity index (χ1n) is 7.29. The first kappa shape index (κ1) is 16.5. The van der Waals surface area contributed by atoms with Crippen LogP contribution in [0.1, 0.15) is 56.2 Å². The van der Waals surface area contributed by atoms with Gasteiger partial charge in [-0.1, -0.05) is 47.8 Å². The lowest BCUT2D eigenvalue weighted by molar-refractivity contribution is 0.482. The largest absolute Gasteiger partial charge is 0.310 e. The monoisotopic (exact) mass is 323 g/mol. The molecule has 0 fully saturated rings. The lowest BCUT2D eigenvalue weighted by atomic mass is 9.96. The Hall–Kier alpha value is -0.600. The zero-order valence-corrected chi connectivity index (χ0v) is 13.8. The SMILES string of the molecule is C=CCCCCCC(NCC)c1ccc(Br)cc1C. The van der Waals surface area contributed by atoms with E-state index in [9.17, 15) is 0 Å². The maximum absolute atomic E-state index is 3.77. The van der Waals surface area contributed by atoms with Crippen LogP contribution in [0.5, 0.6) is 0 Å². The highest BCUT2D eigenvalue weighted by molar-refractivity contribution is 9.10. The van der Waals surface area contributed by atoms with Crippen LogP contribution in [0.2, 0.25) is 0 Å². The standard InChI is InChI=1S/C17H26BrN/c1-4-6-7-8-9-10-17(19-5-2)16-12-11-15(18)13-14(16)3/h4,11-13,17,19H,1,5-10H2,2-3H3. The summed E-state index contributed by atoms with van der Waals surface area (Å²) in [6, 6.07) is 7.08. The zero-order valence-electron chi connectivity index (χ0n) is 12.2. The number of hydrogen-bond acceptors (Lipinski definition) is 1. The smallest absolute Gasteiger partial charge is 0.0322 e. The van der Waals surface area contributed by atoms with Gasteiger partial charge in [0, 0.05) is 10.5 Å². The molecule has 106 valence electrons. The Morgan fingerprint density at radius 2 is 2.11 bits per heavy atom. The van der Waals surface area contributed by atoms with E-state index >= 15 is 0 Å².